The Kier molecular flexibility index (Phi) is 4.63. The molecule has 4 rings (SSSR count). The van der Waals surface area contributed by atoms with E-state index in [9.17, 15) is 4.79 Å². The zero-order valence-electron chi connectivity index (χ0n) is 14.8. The Bertz CT molecular complexity index is 928. The SMILES string of the molecule is N#Cc1ccc(C2=COC3(CCCN(C(=O)c4ccc(Cl)cc4)C3)C2)cc1. The van der Waals surface area contributed by atoms with Crippen molar-refractivity contribution in [2.45, 2.75) is 24.9 Å². The standard InChI is InChI=1S/C22H19ClN2O2/c23-20-8-6-18(7-9-20)21(26)25-11-1-10-22(15-25)12-19(14-27-22)17-4-2-16(13-24)3-5-17/h2-9,14H,1,10-12,15H2. The molecule has 0 N–H and O–H groups in total. The van der Waals surface area contributed by atoms with Gasteiger partial charge in [-0.1, -0.05) is 23.7 Å². The summed E-state index contributed by atoms with van der Waals surface area (Å²) in [5.74, 6) is 0.0150. The molecule has 0 saturated carbocycles. The lowest BCUT2D eigenvalue weighted by Crippen LogP contribution is -2.50. The molecule has 1 atom stereocenters. The molecule has 2 aromatic rings. The highest BCUT2D eigenvalue weighted by atomic mass is 35.5. The largest absolute Gasteiger partial charge is 0.492 e. The highest BCUT2D eigenvalue weighted by molar-refractivity contribution is 6.30. The van der Waals surface area contributed by atoms with Crippen LogP contribution in [0, 0.1) is 11.3 Å². The van der Waals surface area contributed by atoms with Crippen LogP contribution in [0.5, 0.6) is 0 Å². The van der Waals surface area contributed by atoms with E-state index in [0.29, 0.717) is 22.7 Å². The lowest BCUT2D eigenvalue weighted by atomic mass is 9.86. The second-order valence-corrected chi connectivity index (χ2v) is 7.58. The summed E-state index contributed by atoms with van der Waals surface area (Å²) in [5, 5.41) is 9.57. The van der Waals surface area contributed by atoms with Crippen LogP contribution in [0.3, 0.4) is 0 Å². The van der Waals surface area contributed by atoms with Crippen molar-refractivity contribution in [3.63, 3.8) is 0 Å². The number of nitrogens with zero attached hydrogens (tertiary/aromatic N) is 2. The molecule has 136 valence electrons. The lowest BCUT2D eigenvalue weighted by molar-refractivity contribution is -0.0190. The predicted octanol–water partition coefficient (Wildman–Crippen LogP) is 4.65. The van der Waals surface area contributed by atoms with Gasteiger partial charge in [0.05, 0.1) is 24.4 Å². The quantitative estimate of drug-likeness (QED) is 0.764. The number of carbonyl (C=O) groups is 1. The summed E-state index contributed by atoms with van der Waals surface area (Å²) in [5.41, 5.74) is 3.11. The maximum absolute atomic E-state index is 12.9. The first-order chi connectivity index (χ1) is 13.1. The number of hydrogen-bond acceptors (Lipinski definition) is 3. The summed E-state index contributed by atoms with van der Waals surface area (Å²) in [4.78, 5) is 14.7. The topological polar surface area (TPSA) is 53.3 Å². The Balaban J connectivity index is 1.47. The average Bonchev–Trinajstić information content (AvgIpc) is 3.11. The molecule has 2 aliphatic rings. The summed E-state index contributed by atoms with van der Waals surface area (Å²) in [6.45, 7) is 1.31. The number of piperidine rings is 1. The summed E-state index contributed by atoms with van der Waals surface area (Å²) in [6.07, 6.45) is 4.42. The van der Waals surface area contributed by atoms with Gasteiger partial charge in [-0.2, -0.15) is 5.26 Å². The van der Waals surface area contributed by atoms with Crippen molar-refractivity contribution < 1.29 is 9.53 Å². The number of benzene rings is 2. The van der Waals surface area contributed by atoms with Gasteiger partial charge < -0.3 is 9.64 Å². The molecule has 27 heavy (non-hydrogen) atoms. The molecule has 1 fully saturated rings. The summed E-state index contributed by atoms with van der Waals surface area (Å²) >= 11 is 5.92. The molecule has 1 unspecified atom stereocenters. The van der Waals surface area contributed by atoms with E-state index in [-0.39, 0.29) is 11.5 Å². The third-order valence-electron chi connectivity index (χ3n) is 5.27. The second kappa shape index (κ2) is 7.09. The van der Waals surface area contributed by atoms with Crippen molar-refractivity contribution in [3.05, 3.63) is 76.5 Å². The van der Waals surface area contributed by atoms with Crippen molar-refractivity contribution >= 4 is 23.1 Å². The average molecular weight is 379 g/mol. The van der Waals surface area contributed by atoms with Gasteiger partial charge in [-0.3, -0.25) is 4.79 Å². The maximum Gasteiger partial charge on any atom is 0.253 e. The number of halogens is 1. The van der Waals surface area contributed by atoms with Crippen LogP contribution in [0.4, 0.5) is 0 Å². The first-order valence-electron chi connectivity index (χ1n) is 9.01. The van der Waals surface area contributed by atoms with E-state index >= 15 is 0 Å². The van der Waals surface area contributed by atoms with Crippen molar-refractivity contribution in [2.75, 3.05) is 13.1 Å². The molecule has 1 amide bonds. The Morgan fingerprint density at radius 3 is 2.59 bits per heavy atom. The van der Waals surface area contributed by atoms with Crippen LogP contribution >= 0.6 is 11.6 Å². The molecule has 5 heteroatoms. The van der Waals surface area contributed by atoms with Crippen LogP contribution in [0.25, 0.3) is 5.57 Å². The fourth-order valence-electron chi connectivity index (χ4n) is 3.84. The second-order valence-electron chi connectivity index (χ2n) is 7.15. The molecule has 2 heterocycles. The molecule has 0 radical (unpaired) electrons. The normalized spacial score (nSPS) is 21.5. The minimum Gasteiger partial charge on any atom is -0.492 e. The van der Waals surface area contributed by atoms with E-state index < -0.39 is 0 Å². The number of hydrogen-bond donors (Lipinski definition) is 0. The molecule has 2 aromatic carbocycles. The summed E-state index contributed by atoms with van der Waals surface area (Å²) in [7, 11) is 0. The molecule has 0 bridgehead atoms. The monoisotopic (exact) mass is 378 g/mol. The number of carbonyl (C=O) groups excluding carboxylic acids is 1. The van der Waals surface area contributed by atoms with E-state index in [4.69, 9.17) is 21.6 Å². The third-order valence-corrected chi connectivity index (χ3v) is 5.52. The van der Waals surface area contributed by atoms with Crippen LogP contribution < -0.4 is 0 Å². The van der Waals surface area contributed by atoms with Gasteiger partial charge in [-0.15, -0.1) is 0 Å². The van der Waals surface area contributed by atoms with Gasteiger partial charge in [-0.25, -0.2) is 0 Å². The van der Waals surface area contributed by atoms with E-state index in [0.717, 1.165) is 36.9 Å². The highest BCUT2D eigenvalue weighted by Crippen LogP contribution is 2.40. The molecule has 0 aromatic heterocycles. The van der Waals surface area contributed by atoms with E-state index in [2.05, 4.69) is 6.07 Å². The predicted molar refractivity (Wildman–Crippen MR) is 104 cm³/mol. The molecule has 2 aliphatic heterocycles. The van der Waals surface area contributed by atoms with Gasteiger partial charge in [-0.05, 0) is 60.4 Å². The van der Waals surface area contributed by atoms with Crippen molar-refractivity contribution in [1.82, 2.24) is 4.90 Å². The molecule has 4 nitrogen and oxygen atoms in total. The van der Waals surface area contributed by atoms with Crippen LogP contribution in [-0.2, 0) is 4.74 Å². The minimum atomic E-state index is -0.358. The van der Waals surface area contributed by atoms with Gasteiger partial charge in [0.25, 0.3) is 5.91 Å². The molecular formula is C22H19ClN2O2. The van der Waals surface area contributed by atoms with Crippen molar-refractivity contribution in [1.29, 1.82) is 5.26 Å². The Morgan fingerprint density at radius 2 is 1.89 bits per heavy atom. The number of rotatable bonds is 2. The van der Waals surface area contributed by atoms with Gasteiger partial charge >= 0.3 is 0 Å². The molecule has 1 spiro atoms. The smallest absolute Gasteiger partial charge is 0.253 e. The first-order valence-corrected chi connectivity index (χ1v) is 9.39. The Hall–Kier alpha value is -2.77. The third kappa shape index (κ3) is 3.56. The number of amides is 1. The van der Waals surface area contributed by atoms with Gasteiger partial charge in [0.15, 0.2) is 0 Å². The zero-order chi connectivity index (χ0) is 18.9. The van der Waals surface area contributed by atoms with Gasteiger partial charge in [0.1, 0.15) is 5.60 Å². The first kappa shape index (κ1) is 17.6. The fraction of sp³-hybridized carbons (Fsp3) is 0.273. The minimum absolute atomic E-state index is 0.0150. The van der Waals surface area contributed by atoms with E-state index in [1.54, 1.807) is 24.3 Å². The Labute approximate surface area is 163 Å². The highest BCUT2D eigenvalue weighted by Gasteiger charge is 2.42. The Morgan fingerprint density at radius 1 is 1.15 bits per heavy atom. The summed E-state index contributed by atoms with van der Waals surface area (Å²) in [6, 6.07) is 16.7. The van der Waals surface area contributed by atoms with Gasteiger partial charge in [0.2, 0.25) is 0 Å². The lowest BCUT2D eigenvalue weighted by Gasteiger charge is -2.39. The molecular weight excluding hydrogens is 360 g/mol. The molecule has 1 saturated heterocycles. The maximum atomic E-state index is 12.9. The number of likely N-dealkylation sites (tertiary alicyclic amines) is 1. The number of nitriles is 1. The van der Waals surface area contributed by atoms with Crippen LogP contribution in [0.15, 0.2) is 54.8 Å². The van der Waals surface area contributed by atoms with Crippen LogP contribution in [0.2, 0.25) is 5.02 Å². The van der Waals surface area contributed by atoms with Crippen molar-refractivity contribution in [2.24, 2.45) is 0 Å². The zero-order valence-corrected chi connectivity index (χ0v) is 15.6. The summed E-state index contributed by atoms with van der Waals surface area (Å²) < 4.78 is 6.10. The van der Waals surface area contributed by atoms with E-state index in [1.165, 1.54) is 0 Å². The van der Waals surface area contributed by atoms with E-state index in [1.807, 2.05) is 35.4 Å². The van der Waals surface area contributed by atoms with Crippen molar-refractivity contribution in [3.8, 4) is 6.07 Å². The number of ether oxygens (including phenoxy) is 1. The molecule has 0 aliphatic carbocycles. The van der Waals surface area contributed by atoms with Gasteiger partial charge in [0, 0.05) is 23.6 Å². The van der Waals surface area contributed by atoms with Crippen LogP contribution in [-0.4, -0.2) is 29.5 Å². The van der Waals surface area contributed by atoms with Crippen LogP contribution in [0.1, 0.15) is 40.7 Å². The fourth-order valence-corrected chi connectivity index (χ4v) is 3.97.